The van der Waals surface area contributed by atoms with Crippen LogP contribution in [0.15, 0.2) is 0 Å². The average Bonchev–Trinajstić information content (AvgIpc) is 3.09. The van der Waals surface area contributed by atoms with Crippen molar-refractivity contribution in [1.82, 2.24) is 9.88 Å². The SMILES string of the molecule is CO[C@@]12CC[C@H](O)C[C@@H]1N(Cc1nc3c(s1)CCCC3)CC2. The van der Waals surface area contributed by atoms with Crippen LogP contribution in [0.25, 0.3) is 0 Å². The van der Waals surface area contributed by atoms with Gasteiger partial charge >= 0.3 is 0 Å². The van der Waals surface area contributed by atoms with Crippen LogP contribution in [0.3, 0.4) is 0 Å². The summed E-state index contributed by atoms with van der Waals surface area (Å²) in [5.41, 5.74) is 1.32. The van der Waals surface area contributed by atoms with Gasteiger partial charge in [-0.25, -0.2) is 4.98 Å². The highest BCUT2D eigenvalue weighted by Gasteiger charge is 2.50. The number of aliphatic hydroxyl groups excluding tert-OH is 1. The Hall–Kier alpha value is -0.490. The molecule has 4 nitrogen and oxygen atoms in total. The Labute approximate surface area is 136 Å². The van der Waals surface area contributed by atoms with Crippen molar-refractivity contribution in [3.63, 3.8) is 0 Å². The molecule has 0 aromatic carbocycles. The van der Waals surface area contributed by atoms with Gasteiger partial charge in [-0.15, -0.1) is 11.3 Å². The molecule has 1 N–H and O–H groups in total. The fraction of sp³-hybridized carbons (Fsp3) is 0.824. The fourth-order valence-electron chi connectivity index (χ4n) is 4.61. The minimum absolute atomic E-state index is 0.0316. The molecule has 122 valence electrons. The largest absolute Gasteiger partial charge is 0.393 e. The van der Waals surface area contributed by atoms with Crippen LogP contribution in [0.4, 0.5) is 0 Å². The number of nitrogens with zero attached hydrogens (tertiary/aromatic N) is 2. The molecule has 1 aromatic heterocycles. The van der Waals surface area contributed by atoms with Crippen molar-refractivity contribution in [3.8, 4) is 0 Å². The lowest BCUT2D eigenvalue weighted by Gasteiger charge is -2.42. The molecule has 0 amide bonds. The first-order valence-corrected chi connectivity index (χ1v) is 9.46. The van der Waals surface area contributed by atoms with Crippen molar-refractivity contribution in [3.05, 3.63) is 15.6 Å². The number of methoxy groups -OCH3 is 1. The van der Waals surface area contributed by atoms with Gasteiger partial charge in [0.1, 0.15) is 5.01 Å². The molecule has 2 aliphatic carbocycles. The zero-order chi connectivity index (χ0) is 15.2. The predicted molar refractivity (Wildman–Crippen MR) is 87.2 cm³/mol. The molecule has 3 aliphatic rings. The third kappa shape index (κ3) is 2.52. The number of aliphatic hydroxyl groups is 1. The first-order valence-electron chi connectivity index (χ1n) is 8.65. The Morgan fingerprint density at radius 2 is 2.23 bits per heavy atom. The Bertz CT molecular complexity index is 523. The molecule has 22 heavy (non-hydrogen) atoms. The van der Waals surface area contributed by atoms with Gasteiger partial charge in [-0.05, 0) is 51.4 Å². The third-order valence-corrected chi connectivity index (χ3v) is 7.04. The van der Waals surface area contributed by atoms with E-state index < -0.39 is 0 Å². The topological polar surface area (TPSA) is 45.6 Å². The summed E-state index contributed by atoms with van der Waals surface area (Å²) in [5.74, 6) is 0. The highest BCUT2D eigenvalue weighted by molar-refractivity contribution is 7.11. The van der Waals surface area contributed by atoms with Crippen LogP contribution in [-0.4, -0.2) is 46.4 Å². The van der Waals surface area contributed by atoms with E-state index in [0.29, 0.717) is 6.04 Å². The van der Waals surface area contributed by atoms with Gasteiger partial charge in [-0.3, -0.25) is 4.90 Å². The molecule has 2 fully saturated rings. The lowest BCUT2D eigenvalue weighted by atomic mass is 9.79. The van der Waals surface area contributed by atoms with Gasteiger partial charge in [0, 0.05) is 24.6 Å². The van der Waals surface area contributed by atoms with Crippen molar-refractivity contribution in [1.29, 1.82) is 0 Å². The number of aryl methyl sites for hydroxylation is 2. The second-order valence-electron chi connectivity index (χ2n) is 7.12. The summed E-state index contributed by atoms with van der Waals surface area (Å²) in [6.07, 6.45) is 8.63. The molecule has 3 atom stereocenters. The standard InChI is InChI=1S/C17H26N2O2S/c1-21-17-7-6-12(20)10-15(17)19(9-8-17)11-16-18-13-4-2-3-5-14(13)22-16/h12,15,20H,2-11H2,1H3/t12-,15-,17+/m0/s1. The molecule has 1 aliphatic heterocycles. The molecule has 2 heterocycles. The maximum Gasteiger partial charge on any atom is 0.107 e. The zero-order valence-corrected chi connectivity index (χ0v) is 14.2. The van der Waals surface area contributed by atoms with Gasteiger partial charge in [-0.1, -0.05) is 0 Å². The number of likely N-dealkylation sites (tertiary alicyclic amines) is 1. The summed E-state index contributed by atoms with van der Waals surface area (Å²) < 4.78 is 5.93. The summed E-state index contributed by atoms with van der Waals surface area (Å²) in [5, 5.41) is 11.4. The molecular weight excluding hydrogens is 296 g/mol. The first-order chi connectivity index (χ1) is 10.7. The van der Waals surface area contributed by atoms with Crippen molar-refractivity contribution in [2.75, 3.05) is 13.7 Å². The van der Waals surface area contributed by atoms with E-state index in [0.717, 1.165) is 45.2 Å². The summed E-state index contributed by atoms with van der Waals surface area (Å²) in [7, 11) is 1.84. The minimum Gasteiger partial charge on any atom is -0.393 e. The van der Waals surface area contributed by atoms with E-state index in [2.05, 4.69) is 4.90 Å². The molecule has 0 bridgehead atoms. The third-order valence-electron chi connectivity index (χ3n) is 5.90. The summed E-state index contributed by atoms with van der Waals surface area (Å²) in [6.45, 7) is 2.00. The average molecular weight is 322 g/mol. The van der Waals surface area contributed by atoms with Crippen LogP contribution >= 0.6 is 11.3 Å². The van der Waals surface area contributed by atoms with E-state index in [9.17, 15) is 5.11 Å². The summed E-state index contributed by atoms with van der Waals surface area (Å²) >= 11 is 1.91. The van der Waals surface area contributed by atoms with E-state index in [1.165, 1.54) is 34.8 Å². The second kappa shape index (κ2) is 5.86. The number of rotatable bonds is 3. The van der Waals surface area contributed by atoms with Crippen LogP contribution < -0.4 is 0 Å². The molecular formula is C17H26N2O2S. The normalized spacial score (nSPS) is 35.4. The Balaban J connectivity index is 1.52. The Morgan fingerprint density at radius 1 is 1.36 bits per heavy atom. The van der Waals surface area contributed by atoms with E-state index in [4.69, 9.17) is 9.72 Å². The number of hydrogen-bond acceptors (Lipinski definition) is 5. The molecule has 0 radical (unpaired) electrons. The Kier molecular flexibility index (Phi) is 4.01. The van der Waals surface area contributed by atoms with Gasteiger partial charge < -0.3 is 9.84 Å². The van der Waals surface area contributed by atoms with E-state index in [-0.39, 0.29) is 11.7 Å². The monoisotopic (exact) mass is 322 g/mol. The van der Waals surface area contributed by atoms with Crippen LogP contribution in [0.1, 0.15) is 54.1 Å². The molecule has 1 saturated carbocycles. The van der Waals surface area contributed by atoms with Crippen LogP contribution in [0.5, 0.6) is 0 Å². The minimum atomic E-state index is -0.168. The summed E-state index contributed by atoms with van der Waals surface area (Å²) in [4.78, 5) is 8.92. The lowest BCUT2D eigenvalue weighted by Crippen LogP contribution is -2.51. The zero-order valence-electron chi connectivity index (χ0n) is 13.4. The van der Waals surface area contributed by atoms with Crippen LogP contribution in [0, 0.1) is 0 Å². The smallest absolute Gasteiger partial charge is 0.107 e. The van der Waals surface area contributed by atoms with Gasteiger partial charge in [-0.2, -0.15) is 0 Å². The molecule has 0 unspecified atom stereocenters. The quantitative estimate of drug-likeness (QED) is 0.929. The van der Waals surface area contributed by atoms with Gasteiger partial charge in [0.15, 0.2) is 0 Å². The second-order valence-corrected chi connectivity index (χ2v) is 8.29. The van der Waals surface area contributed by atoms with Gasteiger partial charge in [0.25, 0.3) is 0 Å². The Morgan fingerprint density at radius 3 is 3.05 bits per heavy atom. The molecule has 5 heteroatoms. The maximum atomic E-state index is 10.1. The number of fused-ring (bicyclic) bond motifs is 2. The maximum absolute atomic E-state index is 10.1. The predicted octanol–water partition coefficient (Wildman–Crippen LogP) is 2.53. The van der Waals surface area contributed by atoms with Crippen molar-refractivity contribution in [2.45, 2.75) is 75.7 Å². The number of ether oxygens (including phenoxy) is 1. The van der Waals surface area contributed by atoms with Crippen LogP contribution in [-0.2, 0) is 24.1 Å². The van der Waals surface area contributed by atoms with E-state index in [1.807, 2.05) is 18.4 Å². The highest BCUT2D eigenvalue weighted by Crippen LogP contribution is 2.43. The number of aromatic nitrogens is 1. The van der Waals surface area contributed by atoms with Crippen molar-refractivity contribution >= 4 is 11.3 Å². The van der Waals surface area contributed by atoms with Crippen molar-refractivity contribution in [2.24, 2.45) is 0 Å². The van der Waals surface area contributed by atoms with E-state index in [1.54, 1.807) is 0 Å². The number of thiazole rings is 1. The molecule has 0 spiro atoms. The van der Waals surface area contributed by atoms with Crippen LogP contribution in [0.2, 0.25) is 0 Å². The first kappa shape index (κ1) is 15.1. The van der Waals surface area contributed by atoms with Gasteiger partial charge in [0.2, 0.25) is 0 Å². The fourth-order valence-corrected chi connectivity index (χ4v) is 5.79. The summed E-state index contributed by atoms with van der Waals surface area (Å²) in [6, 6.07) is 0.349. The van der Waals surface area contributed by atoms with Crippen molar-refractivity contribution < 1.29 is 9.84 Å². The number of hydrogen-bond donors (Lipinski definition) is 1. The van der Waals surface area contributed by atoms with Gasteiger partial charge in [0.05, 0.1) is 23.9 Å². The molecule has 1 aromatic rings. The van der Waals surface area contributed by atoms with E-state index >= 15 is 0 Å². The highest BCUT2D eigenvalue weighted by atomic mass is 32.1. The lowest BCUT2D eigenvalue weighted by molar-refractivity contribution is -0.0879. The molecule has 4 rings (SSSR count). The molecule has 1 saturated heterocycles.